The van der Waals surface area contributed by atoms with Crippen molar-refractivity contribution in [2.45, 2.75) is 38.0 Å². The first-order valence-electron chi connectivity index (χ1n) is 11.3. The van der Waals surface area contributed by atoms with Gasteiger partial charge in [-0.05, 0) is 49.9 Å². The molecule has 3 rings (SSSR count). The number of carboxylic acids is 1. The van der Waals surface area contributed by atoms with E-state index in [1.807, 2.05) is 36.4 Å². The standard InChI is InChI=1S/C26H33NO4/c28-25(20-31-19-18-27-16-8-3-9-17-27)24(26(29)30)15-14-23(21-10-4-1-5-11-21)22-12-6-2-7-13-22/h1-2,4-7,10-13,23-24H,3,8-9,14-20H2,(H,29,30). The molecule has 2 aromatic rings. The summed E-state index contributed by atoms with van der Waals surface area (Å²) in [7, 11) is 0. The molecule has 0 saturated carbocycles. The molecule has 1 heterocycles. The van der Waals surface area contributed by atoms with Gasteiger partial charge < -0.3 is 14.7 Å². The average molecular weight is 424 g/mol. The third kappa shape index (κ3) is 7.30. The Labute approximate surface area is 185 Å². The second-order valence-corrected chi connectivity index (χ2v) is 8.26. The summed E-state index contributed by atoms with van der Waals surface area (Å²) in [4.78, 5) is 26.8. The van der Waals surface area contributed by atoms with E-state index < -0.39 is 11.9 Å². The van der Waals surface area contributed by atoms with Crippen LogP contribution in [0, 0.1) is 5.92 Å². The summed E-state index contributed by atoms with van der Waals surface area (Å²) in [5.41, 5.74) is 2.26. The smallest absolute Gasteiger partial charge is 0.314 e. The van der Waals surface area contributed by atoms with Crippen molar-refractivity contribution in [1.29, 1.82) is 0 Å². The normalized spacial score (nSPS) is 15.6. The maximum Gasteiger partial charge on any atom is 0.314 e. The molecule has 2 aromatic carbocycles. The summed E-state index contributed by atoms with van der Waals surface area (Å²) in [5, 5.41) is 9.67. The van der Waals surface area contributed by atoms with Crippen LogP contribution < -0.4 is 0 Å². The van der Waals surface area contributed by atoms with Crippen LogP contribution in [0.4, 0.5) is 0 Å². The van der Waals surface area contributed by atoms with E-state index in [2.05, 4.69) is 29.2 Å². The molecule has 1 unspecified atom stereocenters. The lowest BCUT2D eigenvalue weighted by molar-refractivity contribution is -0.148. The summed E-state index contributed by atoms with van der Waals surface area (Å²) in [6.07, 6.45) is 4.58. The summed E-state index contributed by atoms with van der Waals surface area (Å²) in [5.74, 6) is -2.39. The van der Waals surface area contributed by atoms with Crippen molar-refractivity contribution in [3.63, 3.8) is 0 Å². The number of likely N-dealkylation sites (tertiary alicyclic amines) is 1. The van der Waals surface area contributed by atoms with Gasteiger partial charge in [0.1, 0.15) is 12.5 Å². The van der Waals surface area contributed by atoms with E-state index in [4.69, 9.17) is 4.74 Å². The topological polar surface area (TPSA) is 66.8 Å². The molecular formula is C26H33NO4. The second-order valence-electron chi connectivity index (χ2n) is 8.26. The Morgan fingerprint density at radius 1 is 0.871 bits per heavy atom. The van der Waals surface area contributed by atoms with Crippen LogP contribution in [0.15, 0.2) is 60.7 Å². The van der Waals surface area contributed by atoms with Crippen LogP contribution in [0.3, 0.4) is 0 Å². The zero-order valence-electron chi connectivity index (χ0n) is 18.1. The number of hydrogen-bond acceptors (Lipinski definition) is 4. The highest BCUT2D eigenvalue weighted by atomic mass is 16.5. The lowest BCUT2D eigenvalue weighted by Crippen LogP contribution is -2.34. The Morgan fingerprint density at radius 3 is 2.00 bits per heavy atom. The molecular weight excluding hydrogens is 390 g/mol. The van der Waals surface area contributed by atoms with Gasteiger partial charge in [-0.15, -0.1) is 0 Å². The van der Waals surface area contributed by atoms with Crippen molar-refractivity contribution < 1.29 is 19.4 Å². The van der Waals surface area contributed by atoms with Crippen LogP contribution >= 0.6 is 0 Å². The third-order valence-electron chi connectivity index (χ3n) is 6.08. The number of Topliss-reactive ketones (excluding diaryl/α,β-unsaturated/α-hetero) is 1. The Bertz CT molecular complexity index is 763. The second kappa shape index (κ2) is 12.4. The van der Waals surface area contributed by atoms with Crippen LogP contribution in [0.5, 0.6) is 0 Å². The zero-order valence-corrected chi connectivity index (χ0v) is 18.1. The number of carbonyl (C=O) groups is 2. The monoisotopic (exact) mass is 423 g/mol. The highest BCUT2D eigenvalue weighted by molar-refractivity contribution is 5.98. The first-order valence-corrected chi connectivity index (χ1v) is 11.3. The molecule has 1 aliphatic heterocycles. The minimum atomic E-state index is -1.07. The molecule has 1 aliphatic rings. The molecule has 1 N–H and O–H groups in total. The predicted octanol–water partition coefficient (Wildman–Crippen LogP) is 4.37. The molecule has 5 heteroatoms. The number of carboxylic acid groups (broad SMARTS) is 1. The number of piperidine rings is 1. The van der Waals surface area contributed by atoms with Crippen LogP contribution in [-0.4, -0.2) is 54.6 Å². The first kappa shape index (κ1) is 23.2. The Morgan fingerprint density at radius 2 is 1.45 bits per heavy atom. The van der Waals surface area contributed by atoms with Crippen LogP contribution in [0.1, 0.15) is 49.1 Å². The Hall–Kier alpha value is -2.50. The molecule has 166 valence electrons. The fourth-order valence-electron chi connectivity index (χ4n) is 4.30. The summed E-state index contributed by atoms with van der Waals surface area (Å²) in [6, 6.07) is 20.1. The van der Waals surface area contributed by atoms with Crippen molar-refractivity contribution in [2.24, 2.45) is 5.92 Å². The van der Waals surface area contributed by atoms with Gasteiger partial charge >= 0.3 is 5.97 Å². The number of carbonyl (C=O) groups excluding carboxylic acids is 1. The van der Waals surface area contributed by atoms with Crippen molar-refractivity contribution in [1.82, 2.24) is 4.90 Å². The van der Waals surface area contributed by atoms with Crippen molar-refractivity contribution in [3.05, 3.63) is 71.8 Å². The van der Waals surface area contributed by atoms with E-state index in [9.17, 15) is 14.7 Å². The molecule has 31 heavy (non-hydrogen) atoms. The molecule has 1 fully saturated rings. The number of rotatable bonds is 12. The van der Waals surface area contributed by atoms with Gasteiger partial charge in [-0.2, -0.15) is 0 Å². The van der Waals surface area contributed by atoms with Gasteiger partial charge in [0.2, 0.25) is 0 Å². The van der Waals surface area contributed by atoms with Crippen LogP contribution in [0.2, 0.25) is 0 Å². The number of hydrogen-bond donors (Lipinski definition) is 1. The maximum atomic E-state index is 12.6. The molecule has 5 nitrogen and oxygen atoms in total. The zero-order chi connectivity index (χ0) is 21.9. The Kier molecular flexibility index (Phi) is 9.25. The molecule has 0 aromatic heterocycles. The van der Waals surface area contributed by atoms with Crippen molar-refractivity contribution >= 4 is 11.8 Å². The van der Waals surface area contributed by atoms with Crippen molar-refractivity contribution in [3.8, 4) is 0 Å². The van der Waals surface area contributed by atoms with E-state index >= 15 is 0 Å². The summed E-state index contributed by atoms with van der Waals surface area (Å²) >= 11 is 0. The van der Waals surface area contributed by atoms with Gasteiger partial charge in [0, 0.05) is 12.5 Å². The minimum absolute atomic E-state index is 0.0528. The van der Waals surface area contributed by atoms with Crippen LogP contribution in [0.25, 0.3) is 0 Å². The van der Waals surface area contributed by atoms with Gasteiger partial charge in [-0.1, -0.05) is 67.1 Å². The van der Waals surface area contributed by atoms with E-state index in [0.29, 0.717) is 13.0 Å². The molecule has 0 bridgehead atoms. The number of ether oxygens (including phenoxy) is 1. The molecule has 1 saturated heterocycles. The highest BCUT2D eigenvalue weighted by Gasteiger charge is 2.28. The molecule has 0 amide bonds. The SMILES string of the molecule is O=C(O)C(CCC(c1ccccc1)c1ccccc1)C(=O)COCCN1CCCCC1. The average Bonchev–Trinajstić information content (AvgIpc) is 2.81. The molecule has 0 spiro atoms. The first-order chi connectivity index (χ1) is 15.1. The number of nitrogens with zero attached hydrogens (tertiary/aromatic N) is 1. The van der Waals surface area contributed by atoms with Gasteiger partial charge in [-0.25, -0.2) is 0 Å². The fraction of sp³-hybridized carbons (Fsp3) is 0.462. The summed E-state index contributed by atoms with van der Waals surface area (Å²) < 4.78 is 5.55. The number of aliphatic carboxylic acids is 1. The largest absolute Gasteiger partial charge is 0.481 e. The van der Waals surface area contributed by atoms with E-state index in [1.165, 1.54) is 19.3 Å². The maximum absolute atomic E-state index is 12.6. The fourth-order valence-corrected chi connectivity index (χ4v) is 4.30. The van der Waals surface area contributed by atoms with E-state index in [-0.39, 0.29) is 24.7 Å². The lowest BCUT2D eigenvalue weighted by Gasteiger charge is -2.26. The summed E-state index contributed by atoms with van der Waals surface area (Å²) in [6.45, 7) is 3.29. The van der Waals surface area contributed by atoms with Gasteiger partial charge in [0.25, 0.3) is 0 Å². The van der Waals surface area contributed by atoms with Crippen LogP contribution in [-0.2, 0) is 14.3 Å². The van der Waals surface area contributed by atoms with Crippen molar-refractivity contribution in [2.75, 3.05) is 32.8 Å². The molecule has 1 atom stereocenters. The van der Waals surface area contributed by atoms with Gasteiger partial charge in [0.15, 0.2) is 5.78 Å². The third-order valence-corrected chi connectivity index (χ3v) is 6.08. The molecule has 0 aliphatic carbocycles. The quantitative estimate of drug-likeness (QED) is 0.406. The van der Waals surface area contributed by atoms with E-state index in [1.54, 1.807) is 0 Å². The number of benzene rings is 2. The van der Waals surface area contributed by atoms with Gasteiger partial charge in [0.05, 0.1) is 6.61 Å². The predicted molar refractivity (Wildman–Crippen MR) is 121 cm³/mol. The highest BCUT2D eigenvalue weighted by Crippen LogP contribution is 2.30. The van der Waals surface area contributed by atoms with Gasteiger partial charge in [-0.3, -0.25) is 9.59 Å². The van der Waals surface area contributed by atoms with E-state index in [0.717, 1.165) is 30.8 Å². The molecule has 0 radical (unpaired) electrons. The Balaban J connectivity index is 1.55. The lowest BCUT2D eigenvalue weighted by atomic mass is 9.84. The number of ketones is 1. The minimum Gasteiger partial charge on any atom is -0.481 e.